The summed E-state index contributed by atoms with van der Waals surface area (Å²) in [5.41, 5.74) is 4.09. The van der Waals surface area contributed by atoms with Gasteiger partial charge in [-0.25, -0.2) is 9.97 Å². The Kier molecular flexibility index (Phi) is 5.66. The van der Waals surface area contributed by atoms with Crippen LogP contribution >= 0.6 is 0 Å². The van der Waals surface area contributed by atoms with Crippen LogP contribution in [0.25, 0.3) is 0 Å². The van der Waals surface area contributed by atoms with Gasteiger partial charge in [0, 0.05) is 17.4 Å². The summed E-state index contributed by atoms with van der Waals surface area (Å²) >= 11 is 0. The molecule has 0 aliphatic rings. The molecular weight excluding hydrogens is 340 g/mol. The van der Waals surface area contributed by atoms with E-state index in [0.29, 0.717) is 11.5 Å². The zero-order chi connectivity index (χ0) is 19.2. The van der Waals surface area contributed by atoms with Crippen LogP contribution in [0.15, 0.2) is 54.9 Å². The Bertz CT molecular complexity index is 939. The van der Waals surface area contributed by atoms with Crippen molar-refractivity contribution in [2.75, 3.05) is 17.7 Å². The number of aryl methyl sites for hydroxylation is 2. The van der Waals surface area contributed by atoms with Gasteiger partial charge >= 0.3 is 0 Å². The molecule has 1 heterocycles. The first-order valence-corrected chi connectivity index (χ1v) is 8.73. The minimum Gasteiger partial charge on any atom is -0.497 e. The highest BCUT2D eigenvalue weighted by molar-refractivity contribution is 6.04. The minimum atomic E-state index is -0.265. The third-order valence-corrected chi connectivity index (χ3v) is 4.24. The molecule has 0 saturated heterocycles. The summed E-state index contributed by atoms with van der Waals surface area (Å²) in [4.78, 5) is 21.0. The average molecular weight is 362 g/mol. The fourth-order valence-electron chi connectivity index (χ4n) is 2.75. The highest BCUT2D eigenvalue weighted by atomic mass is 16.5. The Hall–Kier alpha value is -3.41. The first kappa shape index (κ1) is 18.4. The Morgan fingerprint density at radius 2 is 1.89 bits per heavy atom. The molecule has 1 aromatic heterocycles. The van der Waals surface area contributed by atoms with Crippen LogP contribution in [0.2, 0.25) is 0 Å². The van der Waals surface area contributed by atoms with Crippen molar-refractivity contribution in [2.24, 2.45) is 0 Å². The normalized spacial score (nSPS) is 10.3. The Balaban J connectivity index is 1.77. The highest BCUT2D eigenvalue weighted by Gasteiger charge is 2.13. The van der Waals surface area contributed by atoms with Crippen molar-refractivity contribution in [1.82, 2.24) is 9.97 Å². The SMILES string of the molecule is CCc1cccc(C)c1NC(=O)c1cc(Nc2ccc(OC)cc2)ncn1. The number of nitrogens with zero attached hydrogens (tertiary/aromatic N) is 2. The lowest BCUT2D eigenvalue weighted by atomic mass is 10.1. The molecule has 0 radical (unpaired) electrons. The van der Waals surface area contributed by atoms with Crippen LogP contribution in [0.4, 0.5) is 17.2 Å². The second-order valence-corrected chi connectivity index (χ2v) is 6.06. The topological polar surface area (TPSA) is 76.1 Å². The standard InChI is InChI=1S/C21H22N4O2/c1-4-15-7-5-6-14(2)20(15)25-21(26)18-12-19(23-13-22-18)24-16-8-10-17(27-3)11-9-16/h5-13H,4H2,1-3H3,(H,25,26)(H,22,23,24). The van der Waals surface area contributed by atoms with Crippen molar-refractivity contribution in [1.29, 1.82) is 0 Å². The van der Waals surface area contributed by atoms with Gasteiger partial charge < -0.3 is 15.4 Å². The first-order valence-electron chi connectivity index (χ1n) is 8.73. The summed E-state index contributed by atoms with van der Waals surface area (Å²) in [5.74, 6) is 1.05. The van der Waals surface area contributed by atoms with E-state index in [2.05, 4.69) is 27.5 Å². The van der Waals surface area contributed by atoms with Gasteiger partial charge in [-0.15, -0.1) is 0 Å². The maximum Gasteiger partial charge on any atom is 0.274 e. The van der Waals surface area contributed by atoms with E-state index < -0.39 is 0 Å². The molecule has 0 bridgehead atoms. The van der Waals surface area contributed by atoms with Gasteiger partial charge in [-0.05, 0) is 48.7 Å². The van der Waals surface area contributed by atoms with Crippen molar-refractivity contribution in [3.63, 3.8) is 0 Å². The van der Waals surface area contributed by atoms with E-state index in [0.717, 1.165) is 34.7 Å². The fraction of sp³-hybridized carbons (Fsp3) is 0.190. The number of carbonyl (C=O) groups excluding carboxylic acids is 1. The first-order chi connectivity index (χ1) is 13.1. The van der Waals surface area contributed by atoms with Gasteiger partial charge in [0.15, 0.2) is 0 Å². The van der Waals surface area contributed by atoms with Crippen LogP contribution in [0.3, 0.4) is 0 Å². The molecule has 0 aliphatic carbocycles. The second kappa shape index (κ2) is 8.31. The average Bonchev–Trinajstić information content (AvgIpc) is 2.70. The summed E-state index contributed by atoms with van der Waals surface area (Å²) in [6, 6.07) is 15.1. The maximum atomic E-state index is 12.7. The van der Waals surface area contributed by atoms with E-state index in [-0.39, 0.29) is 5.91 Å². The molecule has 0 spiro atoms. The number of nitrogens with one attached hydrogen (secondary N) is 2. The van der Waals surface area contributed by atoms with E-state index in [1.807, 2.05) is 49.4 Å². The molecule has 0 unspecified atom stereocenters. The van der Waals surface area contributed by atoms with Crippen LogP contribution < -0.4 is 15.4 Å². The number of methoxy groups -OCH3 is 1. The van der Waals surface area contributed by atoms with Crippen LogP contribution in [0.5, 0.6) is 5.75 Å². The number of benzene rings is 2. The molecule has 27 heavy (non-hydrogen) atoms. The summed E-state index contributed by atoms with van der Waals surface area (Å²) < 4.78 is 5.15. The smallest absolute Gasteiger partial charge is 0.274 e. The molecule has 2 N–H and O–H groups in total. The van der Waals surface area contributed by atoms with Crippen LogP contribution in [-0.4, -0.2) is 23.0 Å². The quantitative estimate of drug-likeness (QED) is 0.682. The lowest BCUT2D eigenvalue weighted by Crippen LogP contribution is -2.16. The molecule has 6 heteroatoms. The molecule has 3 rings (SSSR count). The third kappa shape index (κ3) is 4.41. The van der Waals surface area contributed by atoms with Gasteiger partial charge in [-0.2, -0.15) is 0 Å². The molecule has 0 saturated carbocycles. The number of hydrogen-bond acceptors (Lipinski definition) is 5. The predicted octanol–water partition coefficient (Wildman–Crippen LogP) is 4.35. The Labute approximate surface area is 158 Å². The summed E-state index contributed by atoms with van der Waals surface area (Å²) in [6.07, 6.45) is 2.21. The van der Waals surface area contributed by atoms with E-state index >= 15 is 0 Å². The molecule has 0 aliphatic heterocycles. The number of ether oxygens (including phenoxy) is 1. The van der Waals surface area contributed by atoms with Gasteiger partial charge in [0.1, 0.15) is 23.6 Å². The van der Waals surface area contributed by atoms with Crippen LogP contribution in [0.1, 0.15) is 28.5 Å². The van der Waals surface area contributed by atoms with Gasteiger partial charge in [-0.1, -0.05) is 25.1 Å². The Morgan fingerprint density at radius 1 is 1.11 bits per heavy atom. The molecule has 138 valence electrons. The fourth-order valence-corrected chi connectivity index (χ4v) is 2.75. The number of anilines is 3. The summed E-state index contributed by atoms with van der Waals surface area (Å²) in [6.45, 7) is 4.04. The minimum absolute atomic E-state index is 0.265. The number of rotatable bonds is 6. The number of amides is 1. The summed E-state index contributed by atoms with van der Waals surface area (Å²) in [7, 11) is 1.62. The van der Waals surface area contributed by atoms with Gasteiger partial charge in [0.2, 0.25) is 0 Å². The monoisotopic (exact) mass is 362 g/mol. The molecule has 2 aromatic carbocycles. The van der Waals surface area contributed by atoms with Gasteiger partial charge in [0.25, 0.3) is 5.91 Å². The van der Waals surface area contributed by atoms with Crippen molar-refractivity contribution >= 4 is 23.1 Å². The largest absolute Gasteiger partial charge is 0.497 e. The van der Waals surface area contributed by atoms with Gasteiger partial charge in [-0.3, -0.25) is 4.79 Å². The molecule has 0 atom stereocenters. The maximum absolute atomic E-state index is 12.7. The third-order valence-electron chi connectivity index (χ3n) is 4.24. The summed E-state index contributed by atoms with van der Waals surface area (Å²) in [5, 5.41) is 6.14. The lowest BCUT2D eigenvalue weighted by molar-refractivity contribution is 0.102. The molecule has 0 fully saturated rings. The number of hydrogen-bond donors (Lipinski definition) is 2. The van der Waals surface area contributed by atoms with Crippen LogP contribution in [-0.2, 0) is 6.42 Å². The molecule has 3 aromatic rings. The second-order valence-electron chi connectivity index (χ2n) is 6.06. The van der Waals surface area contributed by atoms with Crippen molar-refractivity contribution in [2.45, 2.75) is 20.3 Å². The molecular formula is C21H22N4O2. The zero-order valence-electron chi connectivity index (χ0n) is 15.6. The van der Waals surface area contributed by atoms with E-state index in [4.69, 9.17) is 4.74 Å². The highest BCUT2D eigenvalue weighted by Crippen LogP contribution is 2.22. The van der Waals surface area contributed by atoms with Crippen molar-refractivity contribution < 1.29 is 9.53 Å². The number of carbonyl (C=O) groups is 1. The van der Waals surface area contributed by atoms with Crippen LogP contribution in [0, 0.1) is 6.92 Å². The predicted molar refractivity (Wildman–Crippen MR) is 107 cm³/mol. The van der Waals surface area contributed by atoms with E-state index in [9.17, 15) is 4.79 Å². The van der Waals surface area contributed by atoms with Gasteiger partial charge in [0.05, 0.1) is 7.11 Å². The Morgan fingerprint density at radius 3 is 2.59 bits per heavy atom. The van der Waals surface area contributed by atoms with E-state index in [1.54, 1.807) is 13.2 Å². The molecule has 6 nitrogen and oxygen atoms in total. The molecule has 1 amide bonds. The van der Waals surface area contributed by atoms with Crippen molar-refractivity contribution in [3.8, 4) is 5.75 Å². The van der Waals surface area contributed by atoms with E-state index in [1.165, 1.54) is 6.33 Å². The lowest BCUT2D eigenvalue weighted by Gasteiger charge is -2.13. The number of para-hydroxylation sites is 1. The van der Waals surface area contributed by atoms with Crippen molar-refractivity contribution in [3.05, 3.63) is 71.7 Å². The number of aromatic nitrogens is 2. The zero-order valence-corrected chi connectivity index (χ0v) is 15.6.